The van der Waals surface area contributed by atoms with Crippen molar-refractivity contribution >= 4 is 11.6 Å². The zero-order chi connectivity index (χ0) is 17.9. The number of hydrogen-bond acceptors (Lipinski definition) is 5. The summed E-state index contributed by atoms with van der Waals surface area (Å²) in [4.78, 5) is 4.35. The first-order valence-corrected chi connectivity index (χ1v) is 8.54. The first-order chi connectivity index (χ1) is 12.8. The highest BCUT2D eigenvalue weighted by molar-refractivity contribution is 5.77. The highest BCUT2D eigenvalue weighted by Crippen LogP contribution is 2.36. The third-order valence-corrected chi connectivity index (χ3v) is 4.35. The zero-order valence-electron chi connectivity index (χ0n) is 14.7. The van der Waals surface area contributed by atoms with E-state index in [9.17, 15) is 0 Å². The summed E-state index contributed by atoms with van der Waals surface area (Å²) < 4.78 is 12.9. The van der Waals surface area contributed by atoms with Crippen molar-refractivity contribution in [1.29, 1.82) is 0 Å². The normalized spacial score (nSPS) is 15.6. The van der Waals surface area contributed by atoms with Crippen molar-refractivity contribution in [2.45, 2.75) is 13.0 Å². The average molecular weight is 348 g/mol. The predicted octanol–water partition coefficient (Wildman–Crippen LogP) is 3.74. The van der Waals surface area contributed by atoms with Gasteiger partial charge in [-0.15, -0.1) is 0 Å². The van der Waals surface area contributed by atoms with Crippen LogP contribution in [0.25, 0.3) is 5.70 Å². The minimum Gasteiger partial charge on any atom is -0.497 e. The SMILES string of the molecule is CCOc1ccccc1[C@H]1C=C(c2ccc(OC)cc2)Nc2ncnn21. The van der Waals surface area contributed by atoms with E-state index in [-0.39, 0.29) is 6.04 Å². The fourth-order valence-electron chi connectivity index (χ4n) is 3.11. The molecular weight excluding hydrogens is 328 g/mol. The van der Waals surface area contributed by atoms with Crippen molar-refractivity contribution in [2.75, 3.05) is 19.0 Å². The van der Waals surface area contributed by atoms with E-state index in [0.717, 1.165) is 28.3 Å². The highest BCUT2D eigenvalue weighted by atomic mass is 16.5. The zero-order valence-corrected chi connectivity index (χ0v) is 14.7. The summed E-state index contributed by atoms with van der Waals surface area (Å²) in [5.74, 6) is 2.38. The second-order valence-electron chi connectivity index (χ2n) is 5.88. The van der Waals surface area contributed by atoms with E-state index in [1.54, 1.807) is 13.4 Å². The molecule has 6 heteroatoms. The lowest BCUT2D eigenvalue weighted by molar-refractivity contribution is 0.333. The van der Waals surface area contributed by atoms with Gasteiger partial charge >= 0.3 is 0 Å². The monoisotopic (exact) mass is 348 g/mol. The van der Waals surface area contributed by atoms with Gasteiger partial charge in [-0.2, -0.15) is 10.1 Å². The minimum atomic E-state index is -0.103. The van der Waals surface area contributed by atoms with Gasteiger partial charge in [-0.1, -0.05) is 18.2 Å². The summed E-state index contributed by atoms with van der Waals surface area (Å²) in [6.07, 6.45) is 3.70. The van der Waals surface area contributed by atoms with Gasteiger partial charge in [0.1, 0.15) is 23.9 Å². The molecule has 1 aliphatic rings. The second-order valence-corrected chi connectivity index (χ2v) is 5.88. The molecule has 0 unspecified atom stereocenters. The maximum absolute atomic E-state index is 5.83. The molecule has 6 nitrogen and oxygen atoms in total. The Labute approximate surface area is 152 Å². The van der Waals surface area contributed by atoms with E-state index < -0.39 is 0 Å². The van der Waals surface area contributed by atoms with Crippen LogP contribution in [0.2, 0.25) is 0 Å². The summed E-state index contributed by atoms with van der Waals surface area (Å²) in [5, 5.41) is 7.74. The number of para-hydroxylation sites is 1. The Bertz CT molecular complexity index is 931. The lowest BCUT2D eigenvalue weighted by Gasteiger charge is -2.25. The van der Waals surface area contributed by atoms with Crippen LogP contribution in [-0.4, -0.2) is 28.5 Å². The fraction of sp³-hybridized carbons (Fsp3) is 0.200. The van der Waals surface area contributed by atoms with Crippen LogP contribution in [0.1, 0.15) is 24.1 Å². The summed E-state index contributed by atoms with van der Waals surface area (Å²) in [6.45, 7) is 2.60. The topological polar surface area (TPSA) is 61.2 Å². The summed E-state index contributed by atoms with van der Waals surface area (Å²) in [7, 11) is 1.66. The molecule has 1 N–H and O–H groups in total. The third-order valence-electron chi connectivity index (χ3n) is 4.35. The van der Waals surface area contributed by atoms with Crippen molar-refractivity contribution in [1.82, 2.24) is 14.8 Å². The number of methoxy groups -OCH3 is 1. The van der Waals surface area contributed by atoms with Gasteiger partial charge in [0, 0.05) is 11.3 Å². The first kappa shape index (κ1) is 16.2. The Kier molecular flexibility index (Phi) is 4.31. The summed E-state index contributed by atoms with van der Waals surface area (Å²) >= 11 is 0. The molecule has 2 aromatic carbocycles. The lowest BCUT2D eigenvalue weighted by Crippen LogP contribution is -2.20. The molecule has 1 aromatic heterocycles. The van der Waals surface area contributed by atoms with Crippen LogP contribution in [0, 0.1) is 0 Å². The van der Waals surface area contributed by atoms with Gasteiger partial charge < -0.3 is 14.8 Å². The summed E-state index contributed by atoms with van der Waals surface area (Å²) in [6, 6.07) is 15.9. The number of rotatable bonds is 5. The van der Waals surface area contributed by atoms with Crippen LogP contribution in [0.4, 0.5) is 5.95 Å². The molecule has 1 aliphatic heterocycles. The van der Waals surface area contributed by atoms with Gasteiger partial charge in [0.15, 0.2) is 0 Å². The van der Waals surface area contributed by atoms with Crippen LogP contribution in [-0.2, 0) is 0 Å². The molecule has 0 spiro atoms. The maximum Gasteiger partial charge on any atom is 0.226 e. The van der Waals surface area contributed by atoms with Crippen LogP contribution >= 0.6 is 0 Å². The smallest absolute Gasteiger partial charge is 0.226 e. The van der Waals surface area contributed by atoms with E-state index >= 15 is 0 Å². The van der Waals surface area contributed by atoms with E-state index in [1.165, 1.54) is 0 Å². The number of nitrogens with zero attached hydrogens (tertiary/aromatic N) is 3. The Balaban J connectivity index is 1.78. The van der Waals surface area contributed by atoms with Crippen molar-refractivity contribution in [3.63, 3.8) is 0 Å². The van der Waals surface area contributed by atoms with Crippen LogP contribution in [0.3, 0.4) is 0 Å². The highest BCUT2D eigenvalue weighted by Gasteiger charge is 2.25. The standard InChI is InChI=1S/C20H20N4O2/c1-3-26-19-7-5-4-6-16(19)18-12-17(23-20-21-13-22-24(18)20)14-8-10-15(25-2)11-9-14/h4-13,18H,3H2,1-2H3,(H,21,22,23)/t18-/m1/s1. The number of benzene rings is 2. The van der Waals surface area contributed by atoms with Crippen LogP contribution in [0.15, 0.2) is 60.9 Å². The van der Waals surface area contributed by atoms with Crippen molar-refractivity contribution in [2.24, 2.45) is 0 Å². The van der Waals surface area contributed by atoms with E-state index in [2.05, 4.69) is 27.5 Å². The van der Waals surface area contributed by atoms with Gasteiger partial charge in [-0.05, 0) is 48.9 Å². The fourth-order valence-corrected chi connectivity index (χ4v) is 3.11. The summed E-state index contributed by atoms with van der Waals surface area (Å²) in [5.41, 5.74) is 3.08. The maximum atomic E-state index is 5.83. The van der Waals surface area contributed by atoms with Gasteiger partial charge in [-0.3, -0.25) is 0 Å². The van der Waals surface area contributed by atoms with Crippen molar-refractivity contribution in [3.05, 3.63) is 72.1 Å². The largest absolute Gasteiger partial charge is 0.497 e. The number of aromatic nitrogens is 3. The van der Waals surface area contributed by atoms with Crippen LogP contribution < -0.4 is 14.8 Å². The van der Waals surface area contributed by atoms with Gasteiger partial charge in [-0.25, -0.2) is 4.68 Å². The molecule has 0 fully saturated rings. The van der Waals surface area contributed by atoms with E-state index in [0.29, 0.717) is 12.6 Å². The molecule has 0 radical (unpaired) electrons. The first-order valence-electron chi connectivity index (χ1n) is 8.54. The molecule has 0 bridgehead atoms. The molecular formula is C20H20N4O2. The molecule has 26 heavy (non-hydrogen) atoms. The second kappa shape index (κ2) is 6.92. The Morgan fingerprint density at radius 1 is 1.12 bits per heavy atom. The van der Waals surface area contributed by atoms with Crippen molar-refractivity contribution < 1.29 is 9.47 Å². The number of nitrogens with one attached hydrogen (secondary N) is 1. The molecule has 0 saturated heterocycles. The van der Waals surface area contributed by atoms with E-state index in [4.69, 9.17) is 9.47 Å². The lowest BCUT2D eigenvalue weighted by atomic mass is 10.0. The predicted molar refractivity (Wildman–Crippen MR) is 100 cm³/mol. The van der Waals surface area contributed by atoms with E-state index in [1.807, 2.05) is 54.1 Å². The Morgan fingerprint density at radius 3 is 2.69 bits per heavy atom. The molecule has 132 valence electrons. The molecule has 3 aromatic rings. The van der Waals surface area contributed by atoms with Gasteiger partial charge in [0.05, 0.1) is 13.7 Å². The quantitative estimate of drug-likeness (QED) is 0.761. The molecule has 0 saturated carbocycles. The third kappa shape index (κ3) is 2.90. The molecule has 0 amide bonds. The van der Waals surface area contributed by atoms with Gasteiger partial charge in [0.2, 0.25) is 5.95 Å². The average Bonchev–Trinajstić information content (AvgIpc) is 3.17. The molecule has 4 rings (SSSR count). The number of fused-ring (bicyclic) bond motifs is 1. The number of hydrogen-bond donors (Lipinski definition) is 1. The minimum absolute atomic E-state index is 0.103. The molecule has 1 atom stereocenters. The van der Waals surface area contributed by atoms with Crippen LogP contribution in [0.5, 0.6) is 11.5 Å². The molecule has 0 aliphatic carbocycles. The number of ether oxygens (including phenoxy) is 2. The molecule has 2 heterocycles. The van der Waals surface area contributed by atoms with Gasteiger partial charge in [0.25, 0.3) is 0 Å². The number of allylic oxidation sites excluding steroid dienone is 1. The Morgan fingerprint density at radius 2 is 1.92 bits per heavy atom. The Hall–Kier alpha value is -3.28. The number of anilines is 1. The van der Waals surface area contributed by atoms with Crippen molar-refractivity contribution in [3.8, 4) is 11.5 Å².